The van der Waals surface area contributed by atoms with Crippen LogP contribution in [0.2, 0.25) is 0 Å². The maximum Gasteiger partial charge on any atom is 0.158 e. The first-order valence-electron chi connectivity index (χ1n) is 5.28. The lowest BCUT2D eigenvalue weighted by atomic mass is 10.00. The Labute approximate surface area is 96.1 Å². The third-order valence-corrected chi connectivity index (χ3v) is 2.62. The van der Waals surface area contributed by atoms with Crippen molar-refractivity contribution in [3.05, 3.63) is 28.8 Å². The smallest absolute Gasteiger partial charge is 0.158 e. The van der Waals surface area contributed by atoms with Gasteiger partial charge in [0.25, 0.3) is 0 Å². The number of carbonyl (C=O) groups excluding carboxylic acids is 1. The van der Waals surface area contributed by atoms with Crippen molar-refractivity contribution >= 4 is 5.78 Å². The molecule has 0 saturated heterocycles. The molecule has 0 saturated carbocycles. The molecule has 0 spiro atoms. The SMILES string of the molecule is COc1c(C)cc(C[C@@H](O)C(C)=O)cc1C. The molecule has 0 unspecified atom stereocenters. The second-order valence-electron chi connectivity index (χ2n) is 4.09. The number of aryl methyl sites for hydroxylation is 2. The number of ketones is 1. The van der Waals surface area contributed by atoms with Crippen molar-refractivity contribution in [1.82, 2.24) is 0 Å². The Balaban J connectivity index is 2.96. The molecule has 0 bridgehead atoms. The number of Topliss-reactive ketones (excluding diaryl/α,β-unsaturated/α-hetero) is 1. The molecule has 0 heterocycles. The number of benzene rings is 1. The minimum absolute atomic E-state index is 0.203. The van der Waals surface area contributed by atoms with E-state index in [-0.39, 0.29) is 5.78 Å². The number of hydrogen-bond acceptors (Lipinski definition) is 3. The van der Waals surface area contributed by atoms with Crippen LogP contribution in [0.1, 0.15) is 23.6 Å². The predicted octanol–water partition coefficient (Wildman–Crippen LogP) is 1.80. The molecule has 16 heavy (non-hydrogen) atoms. The van der Waals surface area contributed by atoms with Gasteiger partial charge in [-0.1, -0.05) is 12.1 Å². The maximum absolute atomic E-state index is 11.0. The topological polar surface area (TPSA) is 46.5 Å². The molecule has 0 aliphatic rings. The summed E-state index contributed by atoms with van der Waals surface area (Å²) in [6.07, 6.45) is -0.548. The number of aliphatic hydroxyl groups excluding tert-OH is 1. The summed E-state index contributed by atoms with van der Waals surface area (Å²) in [5, 5.41) is 9.51. The Bertz CT molecular complexity index is 373. The highest BCUT2D eigenvalue weighted by Crippen LogP contribution is 2.24. The van der Waals surface area contributed by atoms with E-state index in [0.29, 0.717) is 6.42 Å². The van der Waals surface area contributed by atoms with Gasteiger partial charge in [-0.2, -0.15) is 0 Å². The first-order chi connectivity index (χ1) is 7.45. The van der Waals surface area contributed by atoms with Crippen molar-refractivity contribution in [2.75, 3.05) is 7.11 Å². The molecule has 0 fully saturated rings. The second-order valence-corrected chi connectivity index (χ2v) is 4.09. The van der Waals surface area contributed by atoms with E-state index >= 15 is 0 Å². The van der Waals surface area contributed by atoms with E-state index in [1.54, 1.807) is 7.11 Å². The summed E-state index contributed by atoms with van der Waals surface area (Å²) >= 11 is 0. The van der Waals surface area contributed by atoms with Crippen LogP contribution in [0.3, 0.4) is 0 Å². The average Bonchev–Trinajstić information content (AvgIpc) is 2.16. The molecule has 0 aliphatic carbocycles. The van der Waals surface area contributed by atoms with Crippen molar-refractivity contribution in [1.29, 1.82) is 0 Å². The summed E-state index contributed by atoms with van der Waals surface area (Å²) in [6.45, 7) is 5.30. The molecule has 3 nitrogen and oxygen atoms in total. The van der Waals surface area contributed by atoms with Gasteiger partial charge in [-0.25, -0.2) is 0 Å². The van der Waals surface area contributed by atoms with E-state index in [1.165, 1.54) is 6.92 Å². The number of ether oxygens (including phenoxy) is 1. The van der Waals surface area contributed by atoms with E-state index in [0.717, 1.165) is 22.4 Å². The second kappa shape index (κ2) is 5.12. The largest absolute Gasteiger partial charge is 0.496 e. The standard InChI is InChI=1S/C13H18O3/c1-8-5-11(7-12(15)10(3)14)6-9(2)13(8)16-4/h5-6,12,15H,7H2,1-4H3/t12-/m1/s1. The molecule has 3 heteroatoms. The molecule has 88 valence electrons. The highest BCUT2D eigenvalue weighted by atomic mass is 16.5. The lowest BCUT2D eigenvalue weighted by Crippen LogP contribution is -2.19. The van der Waals surface area contributed by atoms with Crippen molar-refractivity contribution in [3.63, 3.8) is 0 Å². The minimum Gasteiger partial charge on any atom is -0.496 e. The molecular weight excluding hydrogens is 204 g/mol. The molecular formula is C13H18O3. The fourth-order valence-electron chi connectivity index (χ4n) is 1.85. The van der Waals surface area contributed by atoms with E-state index < -0.39 is 6.10 Å². The fraction of sp³-hybridized carbons (Fsp3) is 0.462. The third-order valence-electron chi connectivity index (χ3n) is 2.62. The van der Waals surface area contributed by atoms with Crippen molar-refractivity contribution in [3.8, 4) is 5.75 Å². The van der Waals surface area contributed by atoms with Crippen LogP contribution in [0.4, 0.5) is 0 Å². The molecule has 0 aromatic heterocycles. The maximum atomic E-state index is 11.0. The van der Waals surface area contributed by atoms with E-state index in [2.05, 4.69) is 0 Å². The van der Waals surface area contributed by atoms with Crippen LogP contribution in [0.5, 0.6) is 5.75 Å². The van der Waals surface area contributed by atoms with Gasteiger partial charge in [0.15, 0.2) is 5.78 Å². The molecule has 1 N–H and O–H groups in total. The van der Waals surface area contributed by atoms with Crippen LogP contribution in [-0.4, -0.2) is 24.1 Å². The van der Waals surface area contributed by atoms with Gasteiger partial charge in [0.2, 0.25) is 0 Å². The zero-order valence-corrected chi connectivity index (χ0v) is 10.2. The first kappa shape index (κ1) is 12.7. The lowest BCUT2D eigenvalue weighted by Gasteiger charge is -2.12. The van der Waals surface area contributed by atoms with Crippen LogP contribution in [0.15, 0.2) is 12.1 Å². The van der Waals surface area contributed by atoms with Crippen LogP contribution < -0.4 is 4.74 Å². The molecule has 0 aliphatic heterocycles. The van der Waals surface area contributed by atoms with Gasteiger partial charge >= 0.3 is 0 Å². The van der Waals surface area contributed by atoms with Crippen molar-refractivity contribution in [2.45, 2.75) is 33.3 Å². The summed E-state index contributed by atoms with van der Waals surface area (Å²) in [5.74, 6) is 0.659. The van der Waals surface area contributed by atoms with E-state index in [1.807, 2.05) is 26.0 Å². The van der Waals surface area contributed by atoms with Crippen molar-refractivity contribution in [2.24, 2.45) is 0 Å². The number of aliphatic hydroxyl groups is 1. The zero-order valence-electron chi connectivity index (χ0n) is 10.2. The van der Waals surface area contributed by atoms with Gasteiger partial charge < -0.3 is 9.84 Å². The van der Waals surface area contributed by atoms with E-state index in [9.17, 15) is 9.90 Å². The fourth-order valence-corrected chi connectivity index (χ4v) is 1.85. The van der Waals surface area contributed by atoms with Gasteiger partial charge in [-0.15, -0.1) is 0 Å². The third kappa shape index (κ3) is 2.83. The number of carbonyl (C=O) groups is 1. The highest BCUT2D eigenvalue weighted by Gasteiger charge is 2.12. The summed E-state index contributed by atoms with van der Waals surface area (Å²) in [4.78, 5) is 11.0. The van der Waals surface area contributed by atoms with Gasteiger partial charge in [0, 0.05) is 6.42 Å². The molecule has 0 radical (unpaired) electrons. The Morgan fingerprint density at radius 1 is 1.38 bits per heavy atom. The van der Waals surface area contributed by atoms with Gasteiger partial charge in [0.1, 0.15) is 11.9 Å². The minimum atomic E-state index is -0.910. The average molecular weight is 222 g/mol. The van der Waals surface area contributed by atoms with Gasteiger partial charge in [-0.3, -0.25) is 4.79 Å². The Morgan fingerprint density at radius 2 is 1.88 bits per heavy atom. The molecule has 1 rings (SSSR count). The number of methoxy groups -OCH3 is 1. The van der Waals surface area contributed by atoms with Crippen LogP contribution in [0, 0.1) is 13.8 Å². The Morgan fingerprint density at radius 3 is 2.25 bits per heavy atom. The summed E-state index contributed by atoms with van der Waals surface area (Å²) in [6, 6.07) is 3.88. The monoisotopic (exact) mass is 222 g/mol. The lowest BCUT2D eigenvalue weighted by molar-refractivity contribution is -0.124. The zero-order chi connectivity index (χ0) is 12.3. The Kier molecular flexibility index (Phi) is 4.07. The predicted molar refractivity (Wildman–Crippen MR) is 62.9 cm³/mol. The highest BCUT2D eigenvalue weighted by molar-refractivity contribution is 5.80. The molecule has 1 atom stereocenters. The molecule has 1 aromatic carbocycles. The number of rotatable bonds is 4. The van der Waals surface area contributed by atoms with E-state index in [4.69, 9.17) is 4.74 Å². The summed E-state index contributed by atoms with van der Waals surface area (Å²) in [7, 11) is 1.64. The van der Waals surface area contributed by atoms with Crippen LogP contribution >= 0.6 is 0 Å². The molecule has 1 aromatic rings. The van der Waals surface area contributed by atoms with Gasteiger partial charge in [0.05, 0.1) is 7.11 Å². The van der Waals surface area contributed by atoms with Gasteiger partial charge in [-0.05, 0) is 37.5 Å². The first-order valence-corrected chi connectivity index (χ1v) is 5.28. The number of hydrogen-bond donors (Lipinski definition) is 1. The summed E-state index contributed by atoms with van der Waals surface area (Å²) in [5.41, 5.74) is 3.00. The van der Waals surface area contributed by atoms with Crippen LogP contribution in [-0.2, 0) is 11.2 Å². The van der Waals surface area contributed by atoms with Crippen molar-refractivity contribution < 1.29 is 14.6 Å². The van der Waals surface area contributed by atoms with Crippen LogP contribution in [0.25, 0.3) is 0 Å². The molecule has 0 amide bonds. The summed E-state index contributed by atoms with van der Waals surface area (Å²) < 4.78 is 5.25. The Hall–Kier alpha value is -1.35. The normalized spacial score (nSPS) is 12.3. The quantitative estimate of drug-likeness (QED) is 0.845.